The number of hydrogen-bond acceptors (Lipinski definition) is 3. The molecule has 1 N–H and O–H groups in total. The van der Waals surface area contributed by atoms with Crippen LogP contribution in [-0.2, 0) is 7.05 Å². The van der Waals surface area contributed by atoms with Crippen molar-refractivity contribution in [2.75, 3.05) is 0 Å². The Balaban J connectivity index is 2.16. The largest absolute Gasteiger partial charge is 0.308 e. The van der Waals surface area contributed by atoms with E-state index in [0.29, 0.717) is 11.4 Å². The molecule has 0 radical (unpaired) electrons. The van der Waals surface area contributed by atoms with E-state index in [0.717, 1.165) is 29.9 Å². The van der Waals surface area contributed by atoms with Crippen molar-refractivity contribution in [1.82, 2.24) is 19.7 Å². The summed E-state index contributed by atoms with van der Waals surface area (Å²) in [5.74, 6) is 1.53. The second kappa shape index (κ2) is 5.04. The number of H-pyrrole nitrogens is 1. The molecule has 2 aromatic heterocycles. The Hall–Kier alpha value is -1.65. The molecule has 20 heavy (non-hydrogen) atoms. The van der Waals surface area contributed by atoms with Crippen LogP contribution in [-0.4, -0.2) is 19.7 Å². The highest BCUT2D eigenvalue weighted by molar-refractivity contribution is 5.77. The molecule has 2 heterocycles. The normalized spacial score (nSPS) is 17.2. The van der Waals surface area contributed by atoms with Gasteiger partial charge in [-0.2, -0.15) is 5.10 Å². The van der Waals surface area contributed by atoms with Gasteiger partial charge in [0.2, 0.25) is 0 Å². The van der Waals surface area contributed by atoms with E-state index in [2.05, 4.69) is 23.9 Å². The van der Waals surface area contributed by atoms with Crippen LogP contribution >= 0.6 is 0 Å². The minimum absolute atomic E-state index is 0.0579. The third-order valence-electron chi connectivity index (χ3n) is 4.28. The van der Waals surface area contributed by atoms with Gasteiger partial charge in [0.25, 0.3) is 5.56 Å². The molecule has 1 aliphatic carbocycles. The van der Waals surface area contributed by atoms with Crippen LogP contribution in [0.4, 0.5) is 0 Å². The fourth-order valence-corrected chi connectivity index (χ4v) is 3.18. The van der Waals surface area contributed by atoms with Gasteiger partial charge in [-0.15, -0.1) is 0 Å². The molecule has 0 spiro atoms. The Morgan fingerprint density at radius 3 is 2.60 bits per heavy atom. The van der Waals surface area contributed by atoms with E-state index in [-0.39, 0.29) is 11.5 Å². The van der Waals surface area contributed by atoms with Gasteiger partial charge in [-0.3, -0.25) is 9.48 Å². The Kier molecular flexibility index (Phi) is 3.36. The van der Waals surface area contributed by atoms with Gasteiger partial charge in [0, 0.05) is 13.0 Å². The number of rotatable bonds is 2. The molecule has 0 amide bonds. The predicted octanol–water partition coefficient (Wildman–Crippen LogP) is 2.83. The summed E-state index contributed by atoms with van der Waals surface area (Å²) in [6.07, 6.45) is 6.03. The smallest absolute Gasteiger partial charge is 0.277 e. The minimum Gasteiger partial charge on any atom is -0.308 e. The van der Waals surface area contributed by atoms with E-state index >= 15 is 0 Å². The first-order valence-corrected chi connectivity index (χ1v) is 7.54. The summed E-state index contributed by atoms with van der Waals surface area (Å²) in [4.78, 5) is 20.1. The van der Waals surface area contributed by atoms with Crippen LogP contribution in [0.2, 0.25) is 0 Å². The van der Waals surface area contributed by atoms with Crippen molar-refractivity contribution in [3.63, 3.8) is 0 Å². The van der Waals surface area contributed by atoms with E-state index < -0.39 is 0 Å². The monoisotopic (exact) mass is 274 g/mol. The highest BCUT2D eigenvalue weighted by atomic mass is 16.1. The van der Waals surface area contributed by atoms with E-state index in [1.54, 1.807) is 4.68 Å². The van der Waals surface area contributed by atoms with Crippen LogP contribution in [0.25, 0.3) is 11.0 Å². The van der Waals surface area contributed by atoms with Crippen molar-refractivity contribution < 1.29 is 0 Å². The Morgan fingerprint density at radius 2 is 1.95 bits per heavy atom. The van der Waals surface area contributed by atoms with Gasteiger partial charge < -0.3 is 4.98 Å². The van der Waals surface area contributed by atoms with E-state index in [4.69, 9.17) is 4.98 Å². The molecule has 5 heteroatoms. The molecule has 0 aliphatic heterocycles. The number of nitrogens with one attached hydrogen (secondary N) is 1. The van der Waals surface area contributed by atoms with E-state index in [1.165, 1.54) is 19.3 Å². The van der Waals surface area contributed by atoms with E-state index in [1.807, 2.05) is 7.05 Å². The molecule has 2 aromatic rings. The average Bonchev–Trinajstić information content (AvgIpc) is 2.78. The van der Waals surface area contributed by atoms with Crippen LogP contribution in [0.5, 0.6) is 0 Å². The molecule has 108 valence electrons. The molecular formula is C15H22N4O. The highest BCUT2D eigenvalue weighted by Crippen LogP contribution is 2.31. The molecule has 1 aliphatic rings. The molecule has 0 aromatic carbocycles. The molecule has 0 saturated heterocycles. The van der Waals surface area contributed by atoms with Crippen molar-refractivity contribution >= 4 is 11.0 Å². The zero-order chi connectivity index (χ0) is 14.3. The second-order valence-electron chi connectivity index (χ2n) is 6.15. The maximum Gasteiger partial charge on any atom is 0.277 e. The van der Waals surface area contributed by atoms with Crippen molar-refractivity contribution in [2.24, 2.45) is 7.05 Å². The fourth-order valence-electron chi connectivity index (χ4n) is 3.18. The van der Waals surface area contributed by atoms with E-state index in [9.17, 15) is 4.79 Å². The van der Waals surface area contributed by atoms with Gasteiger partial charge in [-0.1, -0.05) is 33.1 Å². The first-order chi connectivity index (χ1) is 9.58. The van der Waals surface area contributed by atoms with Crippen molar-refractivity contribution in [1.29, 1.82) is 0 Å². The molecule has 0 atom stereocenters. The predicted molar refractivity (Wildman–Crippen MR) is 79.0 cm³/mol. The van der Waals surface area contributed by atoms with Gasteiger partial charge in [0.1, 0.15) is 11.3 Å². The summed E-state index contributed by atoms with van der Waals surface area (Å²) in [7, 11) is 1.81. The van der Waals surface area contributed by atoms with Crippen molar-refractivity contribution in [3.8, 4) is 0 Å². The lowest BCUT2D eigenvalue weighted by molar-refractivity contribution is 0.429. The topological polar surface area (TPSA) is 63.6 Å². The van der Waals surface area contributed by atoms with Gasteiger partial charge >= 0.3 is 0 Å². The average molecular weight is 274 g/mol. The summed E-state index contributed by atoms with van der Waals surface area (Å²) in [6, 6.07) is 0. The molecule has 5 nitrogen and oxygen atoms in total. The maximum absolute atomic E-state index is 12.3. The van der Waals surface area contributed by atoms with Gasteiger partial charge in [0.05, 0.1) is 5.69 Å². The zero-order valence-corrected chi connectivity index (χ0v) is 12.4. The highest BCUT2D eigenvalue weighted by Gasteiger charge is 2.22. The third kappa shape index (κ3) is 2.15. The van der Waals surface area contributed by atoms with Crippen LogP contribution in [0.15, 0.2) is 4.79 Å². The van der Waals surface area contributed by atoms with Gasteiger partial charge in [-0.25, -0.2) is 4.98 Å². The number of aromatic amines is 1. The zero-order valence-electron chi connectivity index (χ0n) is 12.4. The molecule has 0 bridgehead atoms. The number of aryl methyl sites for hydroxylation is 1. The second-order valence-corrected chi connectivity index (χ2v) is 6.15. The van der Waals surface area contributed by atoms with Crippen LogP contribution in [0.1, 0.15) is 69.3 Å². The fraction of sp³-hybridized carbons (Fsp3) is 0.667. The maximum atomic E-state index is 12.3. The Morgan fingerprint density at radius 1 is 1.25 bits per heavy atom. The van der Waals surface area contributed by atoms with Gasteiger partial charge in [-0.05, 0) is 18.8 Å². The van der Waals surface area contributed by atoms with Crippen molar-refractivity contribution in [3.05, 3.63) is 21.9 Å². The summed E-state index contributed by atoms with van der Waals surface area (Å²) < 4.78 is 1.65. The summed E-state index contributed by atoms with van der Waals surface area (Å²) in [5.41, 5.74) is 2.24. The number of fused-ring (bicyclic) bond motifs is 1. The quantitative estimate of drug-likeness (QED) is 0.916. The molecule has 1 saturated carbocycles. The van der Waals surface area contributed by atoms with Gasteiger partial charge in [0.15, 0.2) is 5.52 Å². The number of nitrogens with zero attached hydrogens (tertiary/aromatic N) is 3. The Labute approximate surface area is 118 Å². The first kappa shape index (κ1) is 13.3. The Bertz CT molecular complexity index is 677. The lowest BCUT2D eigenvalue weighted by Gasteiger charge is -2.20. The van der Waals surface area contributed by atoms with Crippen LogP contribution < -0.4 is 5.56 Å². The first-order valence-electron chi connectivity index (χ1n) is 7.54. The summed E-state index contributed by atoms with van der Waals surface area (Å²) in [5, 5.41) is 4.47. The number of aromatic nitrogens is 4. The molecule has 1 fully saturated rings. The SMILES string of the molecule is CC(C)c1nn(C)c2c(=O)[nH]c(C3CCCCC3)nc12. The lowest BCUT2D eigenvalue weighted by Crippen LogP contribution is -2.18. The molecular weight excluding hydrogens is 252 g/mol. The summed E-state index contributed by atoms with van der Waals surface area (Å²) in [6.45, 7) is 4.18. The number of hydrogen-bond donors (Lipinski definition) is 1. The summed E-state index contributed by atoms with van der Waals surface area (Å²) >= 11 is 0. The standard InChI is InChI=1S/C15H22N4O/c1-9(2)11-12-13(19(3)18-11)15(20)17-14(16-12)10-7-5-4-6-8-10/h9-10H,4-8H2,1-3H3,(H,16,17,20). The lowest BCUT2D eigenvalue weighted by atomic mass is 9.88. The van der Waals surface area contributed by atoms with Crippen molar-refractivity contribution in [2.45, 2.75) is 57.8 Å². The molecule has 3 rings (SSSR count). The minimum atomic E-state index is -0.0579. The third-order valence-corrected chi connectivity index (χ3v) is 4.28. The van der Waals surface area contributed by atoms with Crippen LogP contribution in [0, 0.1) is 0 Å². The molecule has 0 unspecified atom stereocenters. The van der Waals surface area contributed by atoms with Crippen LogP contribution in [0.3, 0.4) is 0 Å².